The van der Waals surface area contributed by atoms with Gasteiger partial charge in [0.25, 0.3) is 0 Å². The zero-order valence-electron chi connectivity index (χ0n) is 10.7. The summed E-state index contributed by atoms with van der Waals surface area (Å²) < 4.78 is 27.1. The number of rotatable bonds is 4. The van der Waals surface area contributed by atoms with Gasteiger partial charge in [-0.3, -0.25) is 4.72 Å². The van der Waals surface area contributed by atoms with Gasteiger partial charge in [-0.15, -0.1) is 0 Å². The molecule has 5 heteroatoms. The Hall–Kier alpha value is -2.27. The van der Waals surface area contributed by atoms with E-state index in [2.05, 4.69) is 9.71 Å². The van der Waals surface area contributed by atoms with E-state index in [1.54, 1.807) is 24.4 Å². The second-order valence-electron chi connectivity index (χ2n) is 4.59. The Balaban J connectivity index is 1.88. The van der Waals surface area contributed by atoms with Gasteiger partial charge in [-0.05, 0) is 23.8 Å². The zero-order valence-corrected chi connectivity index (χ0v) is 11.5. The number of hydrogen-bond acceptors (Lipinski definition) is 2. The lowest BCUT2D eigenvalue weighted by Gasteiger charge is -2.09. The van der Waals surface area contributed by atoms with Crippen molar-refractivity contribution in [3.05, 3.63) is 66.4 Å². The number of hydrogen-bond donors (Lipinski definition) is 2. The summed E-state index contributed by atoms with van der Waals surface area (Å²) in [5.41, 5.74) is 2.27. The number of sulfonamides is 1. The Morgan fingerprint density at radius 2 is 1.75 bits per heavy atom. The van der Waals surface area contributed by atoms with E-state index in [-0.39, 0.29) is 5.75 Å². The molecule has 2 N–H and O–H groups in total. The molecule has 0 atom stereocenters. The molecule has 0 unspecified atom stereocenters. The number of aromatic nitrogens is 1. The molecule has 3 aromatic rings. The topological polar surface area (TPSA) is 62.0 Å². The minimum absolute atomic E-state index is 0.0331. The Morgan fingerprint density at radius 3 is 2.55 bits per heavy atom. The average Bonchev–Trinajstić information content (AvgIpc) is 2.88. The molecular weight excluding hydrogens is 272 g/mol. The second-order valence-corrected chi connectivity index (χ2v) is 6.31. The fourth-order valence-electron chi connectivity index (χ4n) is 2.17. The van der Waals surface area contributed by atoms with Gasteiger partial charge in [-0.2, -0.15) is 0 Å². The third-order valence-corrected chi connectivity index (χ3v) is 4.30. The Labute approximate surface area is 117 Å². The largest absolute Gasteiger partial charge is 0.361 e. The highest BCUT2D eigenvalue weighted by Gasteiger charge is 2.13. The van der Waals surface area contributed by atoms with Crippen molar-refractivity contribution in [2.45, 2.75) is 5.75 Å². The summed E-state index contributed by atoms with van der Waals surface area (Å²) in [6.07, 6.45) is 1.79. The molecule has 1 aromatic heterocycles. The quantitative estimate of drug-likeness (QED) is 0.774. The zero-order chi connectivity index (χ0) is 14.0. The highest BCUT2D eigenvalue weighted by Crippen LogP contribution is 2.23. The van der Waals surface area contributed by atoms with E-state index in [1.807, 2.05) is 36.4 Å². The van der Waals surface area contributed by atoms with Crippen LogP contribution in [0.15, 0.2) is 60.8 Å². The first kappa shape index (κ1) is 12.7. The average molecular weight is 286 g/mol. The van der Waals surface area contributed by atoms with Crippen LogP contribution in [0, 0.1) is 0 Å². The van der Waals surface area contributed by atoms with Crippen LogP contribution < -0.4 is 4.72 Å². The SMILES string of the molecule is O=S(=O)(Cc1ccccc1)Nc1cccc2[nH]ccc12. The van der Waals surface area contributed by atoms with Gasteiger partial charge in [-0.25, -0.2) is 8.42 Å². The second kappa shape index (κ2) is 5.02. The lowest BCUT2D eigenvalue weighted by atomic mass is 10.2. The fourth-order valence-corrected chi connectivity index (χ4v) is 3.39. The summed E-state index contributed by atoms with van der Waals surface area (Å²) in [6, 6.07) is 16.5. The predicted molar refractivity (Wildman–Crippen MR) is 81.0 cm³/mol. The maximum absolute atomic E-state index is 12.2. The van der Waals surface area contributed by atoms with Crippen molar-refractivity contribution in [3.8, 4) is 0 Å². The van der Waals surface area contributed by atoms with Crippen LogP contribution in [0.25, 0.3) is 10.9 Å². The molecule has 3 rings (SSSR count). The van der Waals surface area contributed by atoms with Gasteiger partial charge in [0.1, 0.15) is 0 Å². The van der Waals surface area contributed by atoms with Gasteiger partial charge in [0, 0.05) is 17.1 Å². The molecule has 102 valence electrons. The standard InChI is InChI=1S/C15H14N2O2S/c18-20(19,11-12-5-2-1-3-6-12)17-15-8-4-7-14-13(15)9-10-16-14/h1-10,16-17H,11H2. The van der Waals surface area contributed by atoms with Crippen molar-refractivity contribution in [3.63, 3.8) is 0 Å². The number of H-pyrrole nitrogens is 1. The molecule has 0 aliphatic carbocycles. The minimum Gasteiger partial charge on any atom is -0.361 e. The number of fused-ring (bicyclic) bond motifs is 1. The molecule has 4 nitrogen and oxygen atoms in total. The van der Waals surface area contributed by atoms with Crippen LogP contribution >= 0.6 is 0 Å². The van der Waals surface area contributed by atoms with Crippen LogP contribution in [0.2, 0.25) is 0 Å². The summed E-state index contributed by atoms with van der Waals surface area (Å²) in [7, 11) is -3.42. The first-order chi connectivity index (χ1) is 9.64. The molecule has 0 saturated carbocycles. The monoisotopic (exact) mass is 286 g/mol. The Kier molecular flexibility index (Phi) is 3.20. The van der Waals surface area contributed by atoms with Crippen LogP contribution in [-0.4, -0.2) is 13.4 Å². The van der Waals surface area contributed by atoms with Crippen LogP contribution in [0.3, 0.4) is 0 Å². The van der Waals surface area contributed by atoms with E-state index < -0.39 is 10.0 Å². The van der Waals surface area contributed by atoms with Crippen molar-refractivity contribution in [1.82, 2.24) is 4.98 Å². The molecule has 0 aliphatic rings. The Morgan fingerprint density at radius 1 is 0.950 bits per heavy atom. The minimum atomic E-state index is -3.42. The van der Waals surface area contributed by atoms with Crippen LogP contribution in [-0.2, 0) is 15.8 Å². The third-order valence-electron chi connectivity index (χ3n) is 3.06. The van der Waals surface area contributed by atoms with Crippen molar-refractivity contribution in [2.24, 2.45) is 0 Å². The maximum atomic E-state index is 12.2. The first-order valence-corrected chi connectivity index (χ1v) is 7.90. The van der Waals surface area contributed by atoms with Crippen molar-refractivity contribution in [2.75, 3.05) is 4.72 Å². The van der Waals surface area contributed by atoms with Gasteiger partial charge >= 0.3 is 0 Å². The van der Waals surface area contributed by atoms with E-state index in [4.69, 9.17) is 0 Å². The van der Waals surface area contributed by atoms with Crippen molar-refractivity contribution >= 4 is 26.6 Å². The van der Waals surface area contributed by atoms with Crippen LogP contribution in [0.5, 0.6) is 0 Å². The van der Waals surface area contributed by atoms with Crippen molar-refractivity contribution in [1.29, 1.82) is 0 Å². The molecule has 0 amide bonds. The van der Waals surface area contributed by atoms with Crippen LogP contribution in [0.1, 0.15) is 5.56 Å². The van der Waals surface area contributed by atoms with E-state index in [9.17, 15) is 8.42 Å². The molecule has 0 radical (unpaired) electrons. The van der Waals surface area contributed by atoms with Crippen molar-refractivity contribution < 1.29 is 8.42 Å². The summed E-state index contributed by atoms with van der Waals surface area (Å²) in [4.78, 5) is 3.06. The highest BCUT2D eigenvalue weighted by molar-refractivity contribution is 7.91. The summed E-state index contributed by atoms with van der Waals surface area (Å²) >= 11 is 0. The van der Waals surface area contributed by atoms with E-state index >= 15 is 0 Å². The molecule has 0 saturated heterocycles. The highest BCUT2D eigenvalue weighted by atomic mass is 32.2. The van der Waals surface area contributed by atoms with Gasteiger partial charge < -0.3 is 4.98 Å². The smallest absolute Gasteiger partial charge is 0.236 e. The molecule has 0 bridgehead atoms. The van der Waals surface area contributed by atoms with Gasteiger partial charge in [0.05, 0.1) is 11.4 Å². The molecule has 2 aromatic carbocycles. The maximum Gasteiger partial charge on any atom is 0.236 e. The van der Waals surface area contributed by atoms with E-state index in [1.165, 1.54) is 0 Å². The molecule has 0 fully saturated rings. The summed E-state index contributed by atoms with van der Waals surface area (Å²) in [5, 5.41) is 0.865. The normalized spacial score (nSPS) is 11.6. The summed E-state index contributed by atoms with van der Waals surface area (Å²) in [5.74, 6) is -0.0331. The van der Waals surface area contributed by atoms with E-state index in [0.717, 1.165) is 16.5 Å². The third kappa shape index (κ3) is 2.67. The van der Waals surface area contributed by atoms with Gasteiger partial charge in [0.15, 0.2) is 0 Å². The molecule has 0 aliphatic heterocycles. The summed E-state index contributed by atoms with van der Waals surface area (Å²) in [6.45, 7) is 0. The molecular formula is C15H14N2O2S. The van der Waals surface area contributed by atoms with Crippen LogP contribution in [0.4, 0.5) is 5.69 Å². The number of nitrogens with one attached hydrogen (secondary N) is 2. The van der Waals surface area contributed by atoms with Gasteiger partial charge in [-0.1, -0.05) is 36.4 Å². The molecule has 20 heavy (non-hydrogen) atoms. The van der Waals surface area contributed by atoms with Gasteiger partial charge in [0.2, 0.25) is 10.0 Å². The number of aromatic amines is 1. The van der Waals surface area contributed by atoms with E-state index in [0.29, 0.717) is 5.69 Å². The lowest BCUT2D eigenvalue weighted by molar-refractivity contribution is 0.600. The lowest BCUT2D eigenvalue weighted by Crippen LogP contribution is -2.15. The molecule has 1 heterocycles. The predicted octanol–water partition coefficient (Wildman–Crippen LogP) is 3.11. The number of anilines is 1. The fraction of sp³-hybridized carbons (Fsp3) is 0.0667. The number of benzene rings is 2. The first-order valence-electron chi connectivity index (χ1n) is 6.25. The molecule has 0 spiro atoms. The Bertz CT molecular complexity index is 823.